The first kappa shape index (κ1) is 19.8. The van der Waals surface area contributed by atoms with Gasteiger partial charge in [-0.15, -0.1) is 0 Å². The van der Waals surface area contributed by atoms with Crippen LogP contribution in [0.25, 0.3) is 11.3 Å². The van der Waals surface area contributed by atoms with Crippen LogP contribution in [0.2, 0.25) is 5.02 Å². The number of anilines is 2. The van der Waals surface area contributed by atoms with E-state index in [9.17, 15) is 4.79 Å². The van der Waals surface area contributed by atoms with Crippen LogP contribution in [0.3, 0.4) is 0 Å². The molecule has 4 rings (SSSR count). The lowest BCUT2D eigenvalue weighted by atomic mass is 10.1. The quantitative estimate of drug-likeness (QED) is 0.648. The SMILES string of the molecule is CCC(=O)Nc1nc2c(s1)CN(c1cc(-c3ncc(C)cc3C)c(Cl)cn1)CC2. The van der Waals surface area contributed by atoms with Gasteiger partial charge in [0, 0.05) is 42.2 Å². The summed E-state index contributed by atoms with van der Waals surface area (Å²) in [5.41, 5.74) is 5.03. The minimum absolute atomic E-state index is 0.0158. The lowest BCUT2D eigenvalue weighted by molar-refractivity contribution is -0.115. The summed E-state index contributed by atoms with van der Waals surface area (Å²) in [4.78, 5) is 28.7. The summed E-state index contributed by atoms with van der Waals surface area (Å²) < 4.78 is 0. The van der Waals surface area contributed by atoms with Gasteiger partial charge in [-0.05, 0) is 31.0 Å². The summed E-state index contributed by atoms with van der Waals surface area (Å²) in [6.45, 7) is 7.43. The van der Waals surface area contributed by atoms with E-state index in [1.165, 1.54) is 11.3 Å². The van der Waals surface area contributed by atoms with Crippen LogP contribution in [-0.2, 0) is 17.8 Å². The molecule has 0 aliphatic carbocycles. The molecule has 3 aromatic heterocycles. The molecule has 0 spiro atoms. The van der Waals surface area contributed by atoms with E-state index >= 15 is 0 Å². The molecule has 0 saturated heterocycles. The zero-order valence-electron chi connectivity index (χ0n) is 16.6. The van der Waals surface area contributed by atoms with Crippen LogP contribution in [0.15, 0.2) is 24.5 Å². The van der Waals surface area contributed by atoms with Gasteiger partial charge in [0.15, 0.2) is 5.13 Å². The van der Waals surface area contributed by atoms with Crippen molar-refractivity contribution in [3.8, 4) is 11.3 Å². The van der Waals surface area contributed by atoms with E-state index in [4.69, 9.17) is 11.6 Å². The van der Waals surface area contributed by atoms with E-state index in [1.807, 2.05) is 33.0 Å². The topological polar surface area (TPSA) is 71.0 Å². The van der Waals surface area contributed by atoms with Crippen molar-refractivity contribution in [3.05, 3.63) is 51.2 Å². The molecule has 1 aliphatic rings. The van der Waals surface area contributed by atoms with Crippen molar-refractivity contribution in [3.63, 3.8) is 0 Å². The fraction of sp³-hybridized carbons (Fsp3) is 0.333. The van der Waals surface area contributed by atoms with Crippen molar-refractivity contribution in [2.24, 2.45) is 0 Å². The molecule has 0 saturated carbocycles. The number of halogens is 1. The smallest absolute Gasteiger partial charge is 0.225 e. The summed E-state index contributed by atoms with van der Waals surface area (Å²) in [7, 11) is 0. The van der Waals surface area contributed by atoms with E-state index in [0.717, 1.165) is 51.7 Å². The molecule has 0 radical (unpaired) electrons. The van der Waals surface area contributed by atoms with Gasteiger partial charge < -0.3 is 10.2 Å². The van der Waals surface area contributed by atoms with Crippen LogP contribution in [0, 0.1) is 13.8 Å². The van der Waals surface area contributed by atoms with Crippen molar-refractivity contribution in [2.75, 3.05) is 16.8 Å². The van der Waals surface area contributed by atoms with Crippen molar-refractivity contribution >= 4 is 39.8 Å². The highest BCUT2D eigenvalue weighted by molar-refractivity contribution is 7.15. The number of aromatic nitrogens is 3. The van der Waals surface area contributed by atoms with Gasteiger partial charge in [0.05, 0.1) is 23.0 Å². The first-order valence-corrected chi connectivity index (χ1v) is 10.8. The Morgan fingerprint density at radius 3 is 2.86 bits per heavy atom. The molecule has 4 heterocycles. The Kier molecular flexibility index (Phi) is 5.52. The lowest BCUT2D eigenvalue weighted by Gasteiger charge is -2.27. The largest absolute Gasteiger partial charge is 0.351 e. The number of aryl methyl sites for hydroxylation is 2. The maximum Gasteiger partial charge on any atom is 0.225 e. The van der Waals surface area contributed by atoms with Crippen molar-refractivity contribution in [2.45, 2.75) is 40.2 Å². The number of carbonyl (C=O) groups excluding carboxylic acids is 1. The highest BCUT2D eigenvalue weighted by atomic mass is 35.5. The number of nitrogens with zero attached hydrogens (tertiary/aromatic N) is 4. The number of pyridine rings is 2. The first-order chi connectivity index (χ1) is 13.9. The van der Waals surface area contributed by atoms with Crippen LogP contribution in [0.5, 0.6) is 0 Å². The minimum atomic E-state index is -0.0158. The third-order valence-corrected chi connectivity index (χ3v) is 6.23. The Bertz CT molecular complexity index is 1080. The molecule has 1 amide bonds. The zero-order chi connectivity index (χ0) is 20.5. The van der Waals surface area contributed by atoms with Crippen molar-refractivity contribution < 1.29 is 4.79 Å². The summed E-state index contributed by atoms with van der Waals surface area (Å²) >= 11 is 7.99. The summed E-state index contributed by atoms with van der Waals surface area (Å²) in [5, 5.41) is 4.13. The molecule has 1 N–H and O–H groups in total. The highest BCUT2D eigenvalue weighted by Gasteiger charge is 2.23. The van der Waals surface area contributed by atoms with Gasteiger partial charge in [0.2, 0.25) is 5.91 Å². The molecule has 0 atom stereocenters. The second-order valence-corrected chi connectivity index (χ2v) is 8.65. The number of rotatable bonds is 4. The number of nitrogens with one attached hydrogen (secondary N) is 1. The Hall–Kier alpha value is -2.51. The van der Waals surface area contributed by atoms with Crippen molar-refractivity contribution in [1.82, 2.24) is 15.0 Å². The minimum Gasteiger partial charge on any atom is -0.351 e. The number of hydrogen-bond donors (Lipinski definition) is 1. The van der Waals surface area contributed by atoms with Gasteiger partial charge in [-0.25, -0.2) is 9.97 Å². The van der Waals surface area contributed by atoms with Crippen LogP contribution >= 0.6 is 22.9 Å². The van der Waals surface area contributed by atoms with Crippen LogP contribution < -0.4 is 10.2 Å². The fourth-order valence-corrected chi connectivity index (χ4v) is 4.66. The van der Waals surface area contributed by atoms with E-state index in [1.54, 1.807) is 6.20 Å². The standard InChI is InChI=1S/C21H22ClN5OS/c1-4-19(28)26-21-25-16-5-6-27(11-17(16)29-21)18-8-14(15(22)10-23-18)20-13(3)7-12(2)9-24-20/h7-10H,4-6,11H2,1-3H3,(H,25,26,28). The lowest BCUT2D eigenvalue weighted by Crippen LogP contribution is -2.30. The van der Waals surface area contributed by atoms with Crippen LogP contribution in [-0.4, -0.2) is 27.4 Å². The molecule has 150 valence electrons. The number of fused-ring (bicyclic) bond motifs is 1. The summed E-state index contributed by atoms with van der Waals surface area (Å²) in [5.74, 6) is 0.849. The fourth-order valence-electron chi connectivity index (χ4n) is 3.43. The van der Waals surface area contributed by atoms with Gasteiger partial charge in [-0.1, -0.05) is 35.9 Å². The molecule has 3 aromatic rings. The molecule has 0 unspecified atom stereocenters. The second kappa shape index (κ2) is 8.08. The summed E-state index contributed by atoms with van der Waals surface area (Å²) in [6, 6.07) is 4.12. The van der Waals surface area contributed by atoms with Crippen molar-refractivity contribution in [1.29, 1.82) is 0 Å². The Balaban J connectivity index is 1.61. The van der Waals surface area contributed by atoms with Crippen LogP contribution in [0.4, 0.5) is 10.9 Å². The van der Waals surface area contributed by atoms with Gasteiger partial charge in [-0.2, -0.15) is 0 Å². The van der Waals surface area contributed by atoms with E-state index in [-0.39, 0.29) is 5.91 Å². The third-order valence-electron chi connectivity index (χ3n) is 4.93. The molecule has 8 heteroatoms. The van der Waals surface area contributed by atoms with Crippen LogP contribution in [0.1, 0.15) is 35.0 Å². The highest BCUT2D eigenvalue weighted by Crippen LogP contribution is 2.34. The monoisotopic (exact) mass is 427 g/mol. The Morgan fingerprint density at radius 2 is 2.10 bits per heavy atom. The first-order valence-electron chi connectivity index (χ1n) is 9.57. The molecule has 29 heavy (non-hydrogen) atoms. The molecule has 1 aliphatic heterocycles. The molecular weight excluding hydrogens is 406 g/mol. The Labute approximate surface area is 179 Å². The van der Waals surface area contributed by atoms with E-state index < -0.39 is 0 Å². The average molecular weight is 428 g/mol. The number of amides is 1. The maximum atomic E-state index is 11.6. The zero-order valence-corrected chi connectivity index (χ0v) is 18.2. The third kappa shape index (κ3) is 4.11. The van der Waals surface area contributed by atoms with Gasteiger partial charge in [-0.3, -0.25) is 9.78 Å². The summed E-state index contributed by atoms with van der Waals surface area (Å²) in [6.07, 6.45) is 4.81. The maximum absolute atomic E-state index is 11.6. The molecule has 0 aromatic carbocycles. The normalized spacial score (nSPS) is 13.3. The average Bonchev–Trinajstić information content (AvgIpc) is 3.10. The number of carbonyl (C=O) groups is 1. The van der Waals surface area contributed by atoms with Gasteiger partial charge >= 0.3 is 0 Å². The molecule has 6 nitrogen and oxygen atoms in total. The number of hydrogen-bond acceptors (Lipinski definition) is 6. The van der Waals surface area contributed by atoms with Gasteiger partial charge in [0.25, 0.3) is 0 Å². The predicted molar refractivity (Wildman–Crippen MR) is 118 cm³/mol. The molecular formula is C21H22ClN5OS. The molecule has 0 bridgehead atoms. The van der Waals surface area contributed by atoms with Gasteiger partial charge in [0.1, 0.15) is 5.82 Å². The van der Waals surface area contributed by atoms with E-state index in [0.29, 0.717) is 23.1 Å². The number of thiazole rings is 1. The second-order valence-electron chi connectivity index (χ2n) is 7.16. The van der Waals surface area contributed by atoms with E-state index in [2.05, 4.69) is 31.2 Å². The Morgan fingerprint density at radius 1 is 1.28 bits per heavy atom. The molecule has 0 fully saturated rings. The predicted octanol–water partition coefficient (Wildman–Crippen LogP) is 4.78.